The van der Waals surface area contributed by atoms with Gasteiger partial charge in [-0.15, -0.1) is 11.6 Å². The number of amides is 2. The van der Waals surface area contributed by atoms with Crippen molar-refractivity contribution in [1.82, 2.24) is 30.3 Å². The minimum absolute atomic E-state index is 0.0326. The van der Waals surface area contributed by atoms with Crippen molar-refractivity contribution < 1.29 is 14.3 Å². The highest BCUT2D eigenvalue weighted by atomic mass is 35.5. The third-order valence-corrected chi connectivity index (χ3v) is 8.14. The third-order valence-electron chi connectivity index (χ3n) is 7.61. The van der Waals surface area contributed by atoms with E-state index in [4.69, 9.17) is 16.6 Å². The van der Waals surface area contributed by atoms with E-state index in [-0.39, 0.29) is 23.9 Å². The van der Waals surface area contributed by atoms with Crippen LogP contribution in [0, 0.1) is 0 Å². The van der Waals surface area contributed by atoms with Crippen LogP contribution in [0.2, 0.25) is 0 Å². The number of allylic oxidation sites excluding steroid dienone is 4. The standard InChI is InChI=1S/C28H29ClFN7O2/c1-35-12-13-37(27(35)39)26-21(30)14-18(20-4-2-3-5-24(20)38)16-28(26,29)19-15-23(36-10-8-31-9-11-36)25(32-17-19)22-6-7-33-34-22/h2-7,14-15,17,31,38H,8-13,16H2,1H3,(H,33,34). The number of aromatic hydroxyl groups is 1. The molecule has 3 N–H and O–H groups in total. The van der Waals surface area contributed by atoms with Crippen molar-refractivity contribution in [3.05, 3.63) is 77.5 Å². The lowest BCUT2D eigenvalue weighted by Crippen LogP contribution is -2.44. The number of hydrogen-bond donors (Lipinski definition) is 3. The number of aromatic nitrogens is 3. The largest absolute Gasteiger partial charge is 0.507 e. The van der Waals surface area contributed by atoms with Crippen molar-refractivity contribution in [3.8, 4) is 17.1 Å². The molecule has 11 heteroatoms. The van der Waals surface area contributed by atoms with Gasteiger partial charge < -0.3 is 20.2 Å². The zero-order valence-electron chi connectivity index (χ0n) is 21.5. The van der Waals surface area contributed by atoms with E-state index in [2.05, 4.69) is 20.4 Å². The molecule has 202 valence electrons. The molecule has 1 atom stereocenters. The molecule has 2 saturated heterocycles. The normalized spacial score (nSPS) is 22.1. The number of carbonyl (C=O) groups is 1. The molecule has 1 unspecified atom stereocenters. The number of pyridine rings is 1. The first kappa shape index (κ1) is 25.4. The van der Waals surface area contributed by atoms with E-state index in [1.807, 2.05) is 12.1 Å². The van der Waals surface area contributed by atoms with Gasteiger partial charge in [0.2, 0.25) is 0 Å². The Labute approximate surface area is 230 Å². The molecule has 0 spiro atoms. The lowest BCUT2D eigenvalue weighted by atomic mass is 9.81. The lowest BCUT2D eigenvalue weighted by molar-refractivity contribution is 0.203. The van der Waals surface area contributed by atoms with Crippen LogP contribution in [0.5, 0.6) is 5.75 Å². The minimum atomic E-state index is -1.46. The summed E-state index contributed by atoms with van der Waals surface area (Å²) < 4.78 is 16.2. The number of para-hydroxylation sites is 1. The summed E-state index contributed by atoms with van der Waals surface area (Å²) in [5.41, 5.74) is 4.01. The van der Waals surface area contributed by atoms with E-state index < -0.39 is 10.7 Å². The molecule has 3 aliphatic rings. The van der Waals surface area contributed by atoms with Gasteiger partial charge in [0, 0.05) is 70.7 Å². The smallest absolute Gasteiger partial charge is 0.324 e. The zero-order chi connectivity index (χ0) is 27.1. The Morgan fingerprint density at radius 1 is 1.13 bits per heavy atom. The van der Waals surface area contributed by atoms with Crippen LogP contribution in [-0.2, 0) is 4.87 Å². The highest BCUT2D eigenvalue weighted by Crippen LogP contribution is 2.52. The molecule has 4 heterocycles. The topological polar surface area (TPSA) is 101 Å². The van der Waals surface area contributed by atoms with E-state index in [9.17, 15) is 9.90 Å². The number of phenols is 1. The van der Waals surface area contributed by atoms with Gasteiger partial charge in [-0.3, -0.25) is 15.0 Å². The van der Waals surface area contributed by atoms with Gasteiger partial charge >= 0.3 is 6.03 Å². The summed E-state index contributed by atoms with van der Waals surface area (Å²) in [7, 11) is 1.69. The van der Waals surface area contributed by atoms with E-state index in [1.165, 1.54) is 11.0 Å². The number of phenolic OH excluding ortho intramolecular Hbond substituents is 1. The molecule has 2 aliphatic heterocycles. The van der Waals surface area contributed by atoms with Gasteiger partial charge in [0.05, 0.1) is 17.1 Å². The average molecular weight is 550 g/mol. The fraction of sp³-hybridized carbons (Fsp3) is 0.321. The van der Waals surface area contributed by atoms with Crippen molar-refractivity contribution in [2.75, 3.05) is 51.2 Å². The number of halogens is 2. The summed E-state index contributed by atoms with van der Waals surface area (Å²) in [6, 6.07) is 10.3. The van der Waals surface area contributed by atoms with Crippen LogP contribution in [0.15, 0.2) is 66.4 Å². The van der Waals surface area contributed by atoms with Crippen molar-refractivity contribution >= 4 is 28.9 Å². The third kappa shape index (κ3) is 4.43. The number of piperazine rings is 1. The number of carbonyl (C=O) groups excluding carboxylic acids is 1. The first-order valence-corrected chi connectivity index (χ1v) is 13.3. The monoisotopic (exact) mass is 549 g/mol. The quantitative estimate of drug-likeness (QED) is 0.415. The Bertz CT molecular complexity index is 1470. The zero-order valence-corrected chi connectivity index (χ0v) is 22.2. The maximum atomic E-state index is 16.2. The Morgan fingerprint density at radius 3 is 2.62 bits per heavy atom. The average Bonchev–Trinajstić information content (AvgIpc) is 3.60. The number of aromatic amines is 1. The van der Waals surface area contributed by atoms with Gasteiger partial charge in [-0.05, 0) is 35.4 Å². The van der Waals surface area contributed by atoms with Crippen LogP contribution in [0.25, 0.3) is 17.0 Å². The molecule has 39 heavy (non-hydrogen) atoms. The molecule has 1 aromatic carbocycles. The predicted octanol–water partition coefficient (Wildman–Crippen LogP) is 4.06. The second kappa shape index (κ2) is 10.0. The van der Waals surface area contributed by atoms with Gasteiger partial charge in [-0.1, -0.05) is 18.2 Å². The SMILES string of the molecule is CN1CCN(C2=C(F)C=C(c3ccccc3O)CC2(Cl)c2cnc(-c3ccn[nH]3)c(N3CCNCC3)c2)C1=O. The summed E-state index contributed by atoms with van der Waals surface area (Å²) in [6.45, 7) is 3.92. The molecule has 2 aromatic heterocycles. The van der Waals surface area contributed by atoms with Crippen molar-refractivity contribution in [1.29, 1.82) is 0 Å². The molecule has 3 aromatic rings. The first-order chi connectivity index (χ1) is 18.9. The fourth-order valence-electron chi connectivity index (χ4n) is 5.57. The molecule has 0 radical (unpaired) electrons. The number of nitrogens with zero attached hydrogens (tertiary/aromatic N) is 5. The molecular formula is C28H29ClFN7O2. The number of urea groups is 1. The molecule has 0 saturated carbocycles. The molecule has 6 rings (SSSR count). The molecule has 0 bridgehead atoms. The number of anilines is 1. The summed E-state index contributed by atoms with van der Waals surface area (Å²) >= 11 is 7.52. The first-order valence-electron chi connectivity index (χ1n) is 12.9. The highest BCUT2D eigenvalue weighted by Gasteiger charge is 2.47. The van der Waals surface area contributed by atoms with Crippen LogP contribution in [-0.4, -0.2) is 82.4 Å². The van der Waals surface area contributed by atoms with Crippen LogP contribution in [0.1, 0.15) is 17.5 Å². The highest BCUT2D eigenvalue weighted by molar-refractivity contribution is 6.27. The van der Waals surface area contributed by atoms with Gasteiger partial charge in [-0.2, -0.15) is 5.10 Å². The number of benzene rings is 1. The predicted molar refractivity (Wildman–Crippen MR) is 148 cm³/mol. The summed E-state index contributed by atoms with van der Waals surface area (Å²) in [6.07, 6.45) is 4.85. The number of hydrogen-bond acceptors (Lipinski definition) is 6. The second-order valence-corrected chi connectivity index (χ2v) is 10.7. The van der Waals surface area contributed by atoms with Crippen LogP contribution in [0.3, 0.4) is 0 Å². The van der Waals surface area contributed by atoms with Gasteiger partial charge in [0.25, 0.3) is 0 Å². The summed E-state index contributed by atoms with van der Waals surface area (Å²) in [4.78, 5) is 21.6. The van der Waals surface area contributed by atoms with Crippen molar-refractivity contribution in [2.24, 2.45) is 0 Å². The number of alkyl halides is 1. The molecular weight excluding hydrogens is 521 g/mol. The Morgan fingerprint density at radius 2 is 1.92 bits per heavy atom. The number of likely N-dealkylation sites (N-methyl/N-ethyl adjacent to an activating group) is 1. The molecule has 1 aliphatic carbocycles. The lowest BCUT2D eigenvalue weighted by Gasteiger charge is -2.39. The Hall–Kier alpha value is -3.89. The minimum Gasteiger partial charge on any atom is -0.507 e. The van der Waals surface area contributed by atoms with E-state index >= 15 is 4.39 Å². The summed E-state index contributed by atoms with van der Waals surface area (Å²) in [5, 5.41) is 21.0. The maximum absolute atomic E-state index is 16.2. The fourth-order valence-corrected chi connectivity index (χ4v) is 6.01. The van der Waals surface area contributed by atoms with E-state index in [0.717, 1.165) is 37.6 Å². The maximum Gasteiger partial charge on any atom is 0.324 e. The van der Waals surface area contributed by atoms with E-state index in [1.54, 1.807) is 48.6 Å². The molecule has 9 nitrogen and oxygen atoms in total. The Balaban J connectivity index is 1.52. The Kier molecular flexibility index (Phi) is 6.52. The van der Waals surface area contributed by atoms with Crippen LogP contribution < -0.4 is 10.2 Å². The van der Waals surface area contributed by atoms with E-state index in [0.29, 0.717) is 35.5 Å². The molecule has 2 fully saturated rings. The van der Waals surface area contributed by atoms with Crippen LogP contribution >= 0.6 is 11.6 Å². The summed E-state index contributed by atoms with van der Waals surface area (Å²) in [5.74, 6) is -0.579. The van der Waals surface area contributed by atoms with Crippen molar-refractivity contribution in [3.63, 3.8) is 0 Å². The van der Waals surface area contributed by atoms with Gasteiger partial charge in [-0.25, -0.2) is 9.18 Å². The van der Waals surface area contributed by atoms with Crippen LogP contribution in [0.4, 0.5) is 14.9 Å². The molecule has 2 amide bonds. The number of H-pyrrole nitrogens is 1. The number of nitrogens with one attached hydrogen (secondary N) is 2. The van der Waals surface area contributed by atoms with Gasteiger partial charge in [0.15, 0.2) is 0 Å². The van der Waals surface area contributed by atoms with Crippen molar-refractivity contribution in [2.45, 2.75) is 11.3 Å². The number of rotatable bonds is 5. The van der Waals surface area contributed by atoms with Gasteiger partial charge in [0.1, 0.15) is 22.1 Å². The second-order valence-electron chi connectivity index (χ2n) is 10.0.